The molecule has 0 aliphatic carbocycles. The summed E-state index contributed by atoms with van der Waals surface area (Å²) >= 11 is 6.01. The molecule has 1 saturated heterocycles. The molecule has 0 amide bonds. The van der Waals surface area contributed by atoms with E-state index in [4.69, 9.17) is 11.6 Å². The highest BCUT2D eigenvalue weighted by atomic mass is 35.5. The monoisotopic (exact) mass is 239 g/mol. The molecule has 1 aliphatic heterocycles. The highest BCUT2D eigenvalue weighted by molar-refractivity contribution is 6.18. The standard InChI is InChI=1S/C12H18ClN3/c1-2-10-7-12(15-9-14-10)16-6-4-3-5-11(16)8-13/h7,9,11H,2-6,8H2,1H3. The van der Waals surface area contributed by atoms with Crippen LogP contribution in [-0.2, 0) is 6.42 Å². The number of halogens is 1. The quantitative estimate of drug-likeness (QED) is 0.760. The second-order valence-corrected chi connectivity index (χ2v) is 4.53. The molecular weight excluding hydrogens is 222 g/mol. The minimum Gasteiger partial charge on any atom is -0.352 e. The summed E-state index contributed by atoms with van der Waals surface area (Å²) in [7, 11) is 0. The Balaban J connectivity index is 2.20. The van der Waals surface area contributed by atoms with Crippen LogP contribution in [0.3, 0.4) is 0 Å². The highest BCUT2D eigenvalue weighted by Gasteiger charge is 2.22. The summed E-state index contributed by atoms with van der Waals surface area (Å²) in [6, 6.07) is 2.53. The summed E-state index contributed by atoms with van der Waals surface area (Å²) in [4.78, 5) is 10.9. The van der Waals surface area contributed by atoms with Gasteiger partial charge in [-0.15, -0.1) is 11.6 Å². The van der Waals surface area contributed by atoms with Gasteiger partial charge in [-0.2, -0.15) is 0 Å². The topological polar surface area (TPSA) is 29.0 Å². The van der Waals surface area contributed by atoms with Gasteiger partial charge < -0.3 is 4.90 Å². The van der Waals surface area contributed by atoms with Crippen molar-refractivity contribution in [2.45, 2.75) is 38.6 Å². The Morgan fingerprint density at radius 1 is 1.44 bits per heavy atom. The van der Waals surface area contributed by atoms with Crippen LogP contribution in [0.2, 0.25) is 0 Å². The predicted octanol–water partition coefficient (Wildman–Crippen LogP) is 2.64. The van der Waals surface area contributed by atoms with Crippen molar-refractivity contribution in [1.82, 2.24) is 9.97 Å². The molecule has 1 aromatic rings. The Hall–Kier alpha value is -0.830. The Morgan fingerprint density at radius 2 is 2.31 bits per heavy atom. The van der Waals surface area contributed by atoms with Gasteiger partial charge in [0.25, 0.3) is 0 Å². The van der Waals surface area contributed by atoms with Gasteiger partial charge in [0.15, 0.2) is 0 Å². The van der Waals surface area contributed by atoms with Gasteiger partial charge in [0.2, 0.25) is 0 Å². The number of rotatable bonds is 3. The first-order valence-electron chi connectivity index (χ1n) is 5.98. The molecule has 0 N–H and O–H groups in total. The molecule has 88 valence electrons. The summed E-state index contributed by atoms with van der Waals surface area (Å²) < 4.78 is 0. The summed E-state index contributed by atoms with van der Waals surface area (Å²) in [5.74, 6) is 1.73. The molecule has 0 aromatic carbocycles. The number of anilines is 1. The van der Waals surface area contributed by atoms with E-state index in [1.165, 1.54) is 19.3 Å². The molecule has 2 rings (SSSR count). The number of alkyl halides is 1. The summed E-state index contributed by atoms with van der Waals surface area (Å²) in [5, 5.41) is 0. The first-order chi connectivity index (χ1) is 7.85. The lowest BCUT2D eigenvalue weighted by atomic mass is 10.0. The number of piperidine rings is 1. The average Bonchev–Trinajstić information content (AvgIpc) is 2.38. The number of hydrogen-bond donors (Lipinski definition) is 0. The summed E-state index contributed by atoms with van der Waals surface area (Å²) in [5.41, 5.74) is 1.10. The van der Waals surface area contributed by atoms with Crippen LogP contribution in [0.5, 0.6) is 0 Å². The number of nitrogens with zero attached hydrogens (tertiary/aromatic N) is 3. The van der Waals surface area contributed by atoms with Crippen molar-refractivity contribution in [3.63, 3.8) is 0 Å². The van der Waals surface area contributed by atoms with Gasteiger partial charge >= 0.3 is 0 Å². The van der Waals surface area contributed by atoms with E-state index < -0.39 is 0 Å². The van der Waals surface area contributed by atoms with E-state index in [9.17, 15) is 0 Å². The molecule has 1 aliphatic rings. The van der Waals surface area contributed by atoms with Crippen molar-refractivity contribution in [3.05, 3.63) is 18.1 Å². The molecule has 0 radical (unpaired) electrons. The lowest BCUT2D eigenvalue weighted by Crippen LogP contribution is -2.41. The maximum absolute atomic E-state index is 6.01. The lowest BCUT2D eigenvalue weighted by molar-refractivity contribution is 0.484. The van der Waals surface area contributed by atoms with Crippen molar-refractivity contribution in [1.29, 1.82) is 0 Å². The third-order valence-electron chi connectivity index (χ3n) is 3.17. The van der Waals surface area contributed by atoms with E-state index in [1.54, 1.807) is 6.33 Å². The van der Waals surface area contributed by atoms with E-state index in [0.717, 1.165) is 24.5 Å². The molecular formula is C12H18ClN3. The maximum Gasteiger partial charge on any atom is 0.132 e. The van der Waals surface area contributed by atoms with Crippen molar-refractivity contribution < 1.29 is 0 Å². The van der Waals surface area contributed by atoms with Gasteiger partial charge in [0.05, 0.1) is 0 Å². The zero-order chi connectivity index (χ0) is 11.4. The molecule has 4 heteroatoms. The van der Waals surface area contributed by atoms with E-state index >= 15 is 0 Å². The number of hydrogen-bond acceptors (Lipinski definition) is 3. The van der Waals surface area contributed by atoms with Gasteiger partial charge in [-0.05, 0) is 25.7 Å². The number of aromatic nitrogens is 2. The molecule has 0 saturated carbocycles. The number of aryl methyl sites for hydroxylation is 1. The van der Waals surface area contributed by atoms with Gasteiger partial charge in [-0.25, -0.2) is 9.97 Å². The molecule has 2 heterocycles. The van der Waals surface area contributed by atoms with Crippen LogP contribution in [0, 0.1) is 0 Å². The summed E-state index contributed by atoms with van der Waals surface area (Å²) in [6.07, 6.45) is 6.30. The van der Waals surface area contributed by atoms with Crippen molar-refractivity contribution in [2.24, 2.45) is 0 Å². The van der Waals surface area contributed by atoms with Gasteiger partial charge in [-0.1, -0.05) is 6.92 Å². The fraction of sp³-hybridized carbons (Fsp3) is 0.667. The molecule has 1 fully saturated rings. The molecule has 1 unspecified atom stereocenters. The molecule has 16 heavy (non-hydrogen) atoms. The molecule has 1 aromatic heterocycles. The Labute approximate surface area is 102 Å². The lowest BCUT2D eigenvalue weighted by Gasteiger charge is -2.35. The third kappa shape index (κ3) is 2.46. The van der Waals surface area contributed by atoms with Crippen LogP contribution < -0.4 is 4.90 Å². The summed E-state index contributed by atoms with van der Waals surface area (Å²) in [6.45, 7) is 3.18. The molecule has 0 bridgehead atoms. The van der Waals surface area contributed by atoms with Crippen molar-refractivity contribution in [3.8, 4) is 0 Å². The van der Waals surface area contributed by atoms with E-state index in [1.807, 2.05) is 0 Å². The normalized spacial score (nSPS) is 21.1. The Kier molecular flexibility index (Phi) is 3.99. The molecule has 1 atom stereocenters. The van der Waals surface area contributed by atoms with Crippen molar-refractivity contribution in [2.75, 3.05) is 17.3 Å². The van der Waals surface area contributed by atoms with Gasteiger partial charge in [0.1, 0.15) is 12.1 Å². The van der Waals surface area contributed by atoms with Crippen LogP contribution in [0.1, 0.15) is 31.9 Å². The second-order valence-electron chi connectivity index (χ2n) is 4.22. The largest absolute Gasteiger partial charge is 0.352 e. The van der Waals surface area contributed by atoms with Crippen molar-refractivity contribution >= 4 is 17.4 Å². The van der Waals surface area contributed by atoms with Crippen LogP contribution in [0.25, 0.3) is 0 Å². The van der Waals surface area contributed by atoms with E-state index in [0.29, 0.717) is 11.9 Å². The highest BCUT2D eigenvalue weighted by Crippen LogP contribution is 2.23. The maximum atomic E-state index is 6.01. The van der Waals surface area contributed by atoms with Crippen LogP contribution >= 0.6 is 11.6 Å². The van der Waals surface area contributed by atoms with Gasteiger partial charge in [0, 0.05) is 30.2 Å². The molecule has 3 nitrogen and oxygen atoms in total. The minimum atomic E-state index is 0.440. The first kappa shape index (κ1) is 11.6. The van der Waals surface area contributed by atoms with Crippen LogP contribution in [0.4, 0.5) is 5.82 Å². The van der Waals surface area contributed by atoms with Crippen LogP contribution in [0.15, 0.2) is 12.4 Å². The fourth-order valence-electron chi connectivity index (χ4n) is 2.20. The smallest absolute Gasteiger partial charge is 0.132 e. The first-order valence-corrected chi connectivity index (χ1v) is 6.52. The van der Waals surface area contributed by atoms with E-state index in [-0.39, 0.29) is 0 Å². The Morgan fingerprint density at radius 3 is 3.06 bits per heavy atom. The Bertz CT molecular complexity index is 343. The predicted molar refractivity (Wildman–Crippen MR) is 67.1 cm³/mol. The third-order valence-corrected chi connectivity index (χ3v) is 3.53. The fourth-order valence-corrected chi connectivity index (χ4v) is 2.52. The van der Waals surface area contributed by atoms with Gasteiger partial charge in [-0.3, -0.25) is 0 Å². The van der Waals surface area contributed by atoms with E-state index in [2.05, 4.69) is 27.9 Å². The average molecular weight is 240 g/mol. The zero-order valence-electron chi connectivity index (χ0n) is 9.69. The SMILES string of the molecule is CCc1cc(N2CCCCC2CCl)ncn1. The van der Waals surface area contributed by atoms with Crippen LogP contribution in [-0.4, -0.2) is 28.4 Å². The minimum absolute atomic E-state index is 0.440. The molecule has 0 spiro atoms. The zero-order valence-corrected chi connectivity index (χ0v) is 10.5. The second kappa shape index (κ2) is 5.48.